The molecule has 0 atom stereocenters. The fraction of sp³-hybridized carbons (Fsp3) is 0.0500. The molecule has 2 amide bonds. The van der Waals surface area contributed by atoms with E-state index in [4.69, 9.17) is 0 Å². The third-order valence-electron chi connectivity index (χ3n) is 4.08. The number of fused-ring (bicyclic) bond motifs is 1. The fourth-order valence-electron chi connectivity index (χ4n) is 2.87. The highest BCUT2D eigenvalue weighted by molar-refractivity contribution is 8.15. The third kappa shape index (κ3) is 2.88. The van der Waals surface area contributed by atoms with Crippen LogP contribution in [0.15, 0.2) is 71.7 Å². The normalized spacial score (nSPS) is 15.8. The van der Waals surface area contributed by atoms with E-state index >= 15 is 0 Å². The molecular weight excluding hydrogens is 351 g/mol. The van der Waals surface area contributed by atoms with Crippen molar-refractivity contribution in [2.75, 3.05) is 10.7 Å². The summed E-state index contributed by atoms with van der Waals surface area (Å²) in [7, 11) is 0. The van der Waals surface area contributed by atoms with Gasteiger partial charge in [0, 0.05) is 5.56 Å². The van der Waals surface area contributed by atoms with E-state index in [-0.39, 0.29) is 22.5 Å². The Labute approximate surface area is 153 Å². The fourth-order valence-corrected chi connectivity index (χ4v) is 3.73. The number of benzene rings is 3. The first-order valence-electron chi connectivity index (χ1n) is 7.96. The molecule has 0 radical (unpaired) electrons. The van der Waals surface area contributed by atoms with Crippen LogP contribution in [0.25, 0.3) is 10.8 Å². The summed E-state index contributed by atoms with van der Waals surface area (Å²) in [5.41, 5.74) is 0.552. The Balaban J connectivity index is 1.76. The first-order chi connectivity index (χ1) is 12.6. The minimum Gasteiger partial charge on any atom is -0.273 e. The van der Waals surface area contributed by atoms with Crippen LogP contribution in [-0.4, -0.2) is 22.7 Å². The Morgan fingerprint density at radius 1 is 1.00 bits per heavy atom. The molecule has 4 rings (SSSR count). The Morgan fingerprint density at radius 2 is 1.73 bits per heavy atom. The highest BCUT2D eigenvalue weighted by Crippen LogP contribution is 2.29. The molecule has 3 aromatic rings. The van der Waals surface area contributed by atoms with Gasteiger partial charge < -0.3 is 0 Å². The van der Waals surface area contributed by atoms with Gasteiger partial charge in [0.15, 0.2) is 5.17 Å². The Hall–Kier alpha value is -2.99. The molecule has 0 saturated carbocycles. The summed E-state index contributed by atoms with van der Waals surface area (Å²) < 4.78 is 14.1. The largest absolute Gasteiger partial charge is 0.280 e. The van der Waals surface area contributed by atoms with Crippen LogP contribution in [0.1, 0.15) is 10.4 Å². The summed E-state index contributed by atoms with van der Waals surface area (Å²) in [6.07, 6.45) is 0. The maximum Gasteiger partial charge on any atom is 0.280 e. The smallest absolute Gasteiger partial charge is 0.273 e. The van der Waals surface area contributed by atoms with Crippen LogP contribution in [0.3, 0.4) is 0 Å². The molecule has 1 aliphatic heterocycles. The van der Waals surface area contributed by atoms with Gasteiger partial charge in [0.25, 0.3) is 5.91 Å². The minimum atomic E-state index is -0.534. The second kappa shape index (κ2) is 6.72. The van der Waals surface area contributed by atoms with Crippen LogP contribution in [0, 0.1) is 5.82 Å². The second-order valence-electron chi connectivity index (χ2n) is 5.70. The Morgan fingerprint density at radius 3 is 2.58 bits per heavy atom. The van der Waals surface area contributed by atoms with E-state index in [0.29, 0.717) is 5.56 Å². The van der Waals surface area contributed by atoms with Gasteiger partial charge in [0.2, 0.25) is 5.91 Å². The van der Waals surface area contributed by atoms with Crippen molar-refractivity contribution in [3.05, 3.63) is 78.1 Å². The van der Waals surface area contributed by atoms with Crippen molar-refractivity contribution in [2.45, 2.75) is 0 Å². The number of hydrogen-bond acceptors (Lipinski definition) is 3. The summed E-state index contributed by atoms with van der Waals surface area (Å²) in [6.45, 7) is 0. The zero-order chi connectivity index (χ0) is 18.1. The summed E-state index contributed by atoms with van der Waals surface area (Å²) in [5, 5.41) is 1.91. The summed E-state index contributed by atoms with van der Waals surface area (Å²) in [6, 6.07) is 18.9. The molecule has 4 nitrogen and oxygen atoms in total. The molecule has 0 aliphatic carbocycles. The molecule has 128 valence electrons. The topological polar surface area (TPSA) is 49.7 Å². The number of hydrogen-bond donors (Lipinski definition) is 0. The van der Waals surface area contributed by atoms with Crippen molar-refractivity contribution < 1.29 is 14.0 Å². The van der Waals surface area contributed by atoms with Crippen molar-refractivity contribution in [3.63, 3.8) is 0 Å². The van der Waals surface area contributed by atoms with Crippen molar-refractivity contribution in [1.82, 2.24) is 0 Å². The number of anilines is 1. The van der Waals surface area contributed by atoms with Crippen LogP contribution in [0.4, 0.5) is 10.1 Å². The molecule has 0 unspecified atom stereocenters. The van der Waals surface area contributed by atoms with Gasteiger partial charge >= 0.3 is 0 Å². The van der Waals surface area contributed by atoms with Crippen LogP contribution < -0.4 is 4.90 Å². The maximum absolute atomic E-state index is 14.1. The van der Waals surface area contributed by atoms with Crippen molar-refractivity contribution in [1.29, 1.82) is 0 Å². The number of carbonyl (C=O) groups excluding carboxylic acids is 2. The van der Waals surface area contributed by atoms with E-state index in [0.717, 1.165) is 22.5 Å². The van der Waals surface area contributed by atoms with E-state index in [1.165, 1.54) is 17.0 Å². The molecule has 0 spiro atoms. The van der Waals surface area contributed by atoms with E-state index < -0.39 is 11.7 Å². The molecule has 0 aromatic heterocycles. The number of aliphatic imine (C=N–C) groups is 1. The standard InChI is InChI=1S/C20H13FN2O2S/c21-16-10-3-4-11-17(16)23-18(24)12-26-20(23)22-19(25)15-9-5-7-13-6-1-2-8-14(13)15/h1-11H,12H2. The Bertz CT molecular complexity index is 1060. The minimum absolute atomic E-state index is 0.104. The highest BCUT2D eigenvalue weighted by atomic mass is 32.2. The molecule has 1 saturated heterocycles. The van der Waals surface area contributed by atoms with Gasteiger partial charge in [-0.15, -0.1) is 0 Å². The number of amides is 2. The number of nitrogens with zero attached hydrogens (tertiary/aromatic N) is 2. The van der Waals surface area contributed by atoms with E-state index in [2.05, 4.69) is 4.99 Å². The summed E-state index contributed by atoms with van der Waals surface area (Å²) in [4.78, 5) is 30.3. The quantitative estimate of drug-likeness (QED) is 0.683. The van der Waals surface area contributed by atoms with Crippen LogP contribution in [-0.2, 0) is 4.79 Å². The molecule has 0 bridgehead atoms. The molecule has 26 heavy (non-hydrogen) atoms. The third-order valence-corrected chi connectivity index (χ3v) is 5.00. The molecule has 6 heteroatoms. The number of amidine groups is 1. The van der Waals surface area contributed by atoms with Gasteiger partial charge in [-0.2, -0.15) is 4.99 Å². The van der Waals surface area contributed by atoms with E-state index in [9.17, 15) is 14.0 Å². The van der Waals surface area contributed by atoms with Crippen molar-refractivity contribution in [2.24, 2.45) is 4.99 Å². The summed E-state index contributed by atoms with van der Waals surface area (Å²) >= 11 is 1.13. The lowest BCUT2D eigenvalue weighted by Crippen LogP contribution is -2.30. The van der Waals surface area contributed by atoms with Gasteiger partial charge in [-0.05, 0) is 29.0 Å². The number of halogens is 1. The number of carbonyl (C=O) groups is 2. The Kier molecular flexibility index (Phi) is 4.26. The van der Waals surface area contributed by atoms with E-state index in [1.54, 1.807) is 24.3 Å². The second-order valence-corrected chi connectivity index (χ2v) is 6.64. The predicted octanol–water partition coefficient (Wildman–Crippen LogP) is 4.26. The van der Waals surface area contributed by atoms with Crippen LogP contribution in [0.5, 0.6) is 0 Å². The highest BCUT2D eigenvalue weighted by Gasteiger charge is 2.32. The average molecular weight is 364 g/mol. The predicted molar refractivity (Wildman–Crippen MR) is 102 cm³/mol. The monoisotopic (exact) mass is 364 g/mol. The zero-order valence-corrected chi connectivity index (χ0v) is 14.4. The lowest BCUT2D eigenvalue weighted by molar-refractivity contribution is -0.115. The van der Waals surface area contributed by atoms with Crippen LogP contribution in [0.2, 0.25) is 0 Å². The van der Waals surface area contributed by atoms with Gasteiger partial charge in [0.05, 0.1) is 11.4 Å². The maximum atomic E-state index is 14.1. The average Bonchev–Trinajstić information content (AvgIpc) is 3.01. The first-order valence-corrected chi connectivity index (χ1v) is 8.95. The molecular formula is C20H13FN2O2S. The molecule has 0 N–H and O–H groups in total. The zero-order valence-electron chi connectivity index (χ0n) is 13.6. The van der Waals surface area contributed by atoms with E-state index in [1.807, 2.05) is 30.3 Å². The number of para-hydroxylation sites is 1. The number of thioether (sulfide) groups is 1. The van der Waals surface area contributed by atoms with Gasteiger partial charge in [-0.1, -0.05) is 60.3 Å². The molecule has 1 fully saturated rings. The lowest BCUT2D eigenvalue weighted by Gasteiger charge is -2.16. The van der Waals surface area contributed by atoms with Gasteiger partial charge in [-0.25, -0.2) is 4.39 Å². The van der Waals surface area contributed by atoms with Crippen LogP contribution >= 0.6 is 11.8 Å². The number of rotatable bonds is 2. The summed E-state index contributed by atoms with van der Waals surface area (Å²) in [5.74, 6) is -1.17. The molecule has 1 heterocycles. The van der Waals surface area contributed by atoms with Gasteiger partial charge in [0.1, 0.15) is 5.82 Å². The van der Waals surface area contributed by atoms with Crippen molar-refractivity contribution in [3.8, 4) is 0 Å². The SMILES string of the molecule is O=C(N=C1SCC(=O)N1c1ccccc1F)c1cccc2ccccc12. The lowest BCUT2D eigenvalue weighted by atomic mass is 10.0. The first kappa shape index (κ1) is 16.5. The van der Waals surface area contributed by atoms with Crippen molar-refractivity contribution >= 4 is 45.2 Å². The molecule has 3 aromatic carbocycles. The molecule has 1 aliphatic rings. The van der Waals surface area contributed by atoms with Gasteiger partial charge in [-0.3, -0.25) is 14.5 Å².